The van der Waals surface area contributed by atoms with Gasteiger partial charge in [0.15, 0.2) is 5.78 Å². The number of Topliss-reactive ketones (excluding diaryl/α,β-unsaturated/α-hetero) is 1. The molecule has 21 heavy (non-hydrogen) atoms. The molecule has 1 aliphatic carbocycles. The van der Waals surface area contributed by atoms with Crippen LogP contribution in [0.2, 0.25) is 0 Å². The fraction of sp³-hybridized carbons (Fsp3) is 0.688. The Hall–Kier alpha value is -1.65. The molecule has 0 spiro atoms. The summed E-state index contributed by atoms with van der Waals surface area (Å²) in [5.74, 6) is 2.98. The number of ketones is 1. The van der Waals surface area contributed by atoms with Crippen LogP contribution in [0.5, 0.6) is 0 Å². The number of piperidine rings is 1. The number of anilines is 2. The molecule has 1 aromatic heterocycles. The van der Waals surface area contributed by atoms with Gasteiger partial charge in [-0.25, -0.2) is 4.98 Å². The first-order valence-corrected chi connectivity index (χ1v) is 7.95. The smallest absolute Gasteiger partial charge is 0.227 e. The minimum atomic E-state index is 0.174. The van der Waals surface area contributed by atoms with E-state index in [2.05, 4.69) is 29.0 Å². The molecule has 114 valence electrons. The molecule has 2 heterocycles. The van der Waals surface area contributed by atoms with Gasteiger partial charge in [-0.15, -0.1) is 0 Å². The summed E-state index contributed by atoms with van der Waals surface area (Å²) in [4.78, 5) is 23.7. The Morgan fingerprint density at radius 1 is 1.14 bits per heavy atom. The van der Waals surface area contributed by atoms with Crippen molar-refractivity contribution in [3.63, 3.8) is 0 Å². The van der Waals surface area contributed by atoms with Crippen molar-refractivity contribution < 1.29 is 4.79 Å². The van der Waals surface area contributed by atoms with Crippen molar-refractivity contribution in [1.29, 1.82) is 0 Å². The quantitative estimate of drug-likeness (QED) is 0.906. The Labute approximate surface area is 126 Å². The predicted molar refractivity (Wildman–Crippen MR) is 84.0 cm³/mol. The molecule has 0 amide bonds. The Kier molecular flexibility index (Phi) is 3.83. The second kappa shape index (κ2) is 5.62. The zero-order chi connectivity index (χ0) is 15.0. The molecule has 5 heteroatoms. The lowest BCUT2D eigenvalue weighted by Gasteiger charge is -2.35. The summed E-state index contributed by atoms with van der Waals surface area (Å²) in [5, 5.41) is 3.09. The molecule has 0 aromatic carbocycles. The van der Waals surface area contributed by atoms with Crippen LogP contribution < -0.4 is 10.2 Å². The van der Waals surface area contributed by atoms with Gasteiger partial charge >= 0.3 is 0 Å². The van der Waals surface area contributed by atoms with Crippen LogP contribution in [0.25, 0.3) is 0 Å². The summed E-state index contributed by atoms with van der Waals surface area (Å²) >= 11 is 0. The first kappa shape index (κ1) is 14.3. The minimum Gasteiger partial charge on any atom is -0.372 e. The molecule has 1 saturated heterocycles. The number of hydrogen-bond donors (Lipinski definition) is 1. The van der Waals surface area contributed by atoms with E-state index in [9.17, 15) is 4.79 Å². The third-order valence-corrected chi connectivity index (χ3v) is 4.46. The average Bonchev–Trinajstić information content (AvgIpc) is 2.45. The number of carbonyl (C=O) groups is 1. The molecule has 0 radical (unpaired) electrons. The van der Waals surface area contributed by atoms with Gasteiger partial charge in [-0.1, -0.05) is 13.8 Å². The number of nitrogens with one attached hydrogen (secondary N) is 1. The average molecular weight is 288 g/mol. The van der Waals surface area contributed by atoms with Gasteiger partial charge in [-0.05, 0) is 31.1 Å². The van der Waals surface area contributed by atoms with Crippen molar-refractivity contribution in [2.24, 2.45) is 11.8 Å². The third-order valence-electron chi connectivity index (χ3n) is 4.46. The van der Waals surface area contributed by atoms with Crippen molar-refractivity contribution in [3.8, 4) is 0 Å². The number of carbonyl (C=O) groups excluding carboxylic acids is 1. The number of rotatable bonds is 2. The molecule has 0 saturated carbocycles. The van der Waals surface area contributed by atoms with Gasteiger partial charge in [0.2, 0.25) is 5.95 Å². The lowest BCUT2D eigenvalue weighted by Crippen LogP contribution is -2.40. The summed E-state index contributed by atoms with van der Waals surface area (Å²) in [6, 6.07) is 0. The van der Waals surface area contributed by atoms with E-state index in [1.54, 1.807) is 0 Å². The van der Waals surface area contributed by atoms with Gasteiger partial charge in [0, 0.05) is 26.6 Å². The maximum absolute atomic E-state index is 12.1. The molecule has 2 aliphatic rings. The Morgan fingerprint density at radius 2 is 1.86 bits per heavy atom. The van der Waals surface area contributed by atoms with Gasteiger partial charge in [0.05, 0.1) is 11.3 Å². The van der Waals surface area contributed by atoms with E-state index in [0.717, 1.165) is 37.6 Å². The van der Waals surface area contributed by atoms with Crippen LogP contribution >= 0.6 is 0 Å². The van der Waals surface area contributed by atoms with Gasteiger partial charge in [0.1, 0.15) is 5.82 Å². The lowest BCUT2D eigenvalue weighted by atomic mass is 9.92. The number of aryl methyl sites for hydroxylation is 1. The number of hydrogen-bond acceptors (Lipinski definition) is 5. The zero-order valence-electron chi connectivity index (χ0n) is 13.1. The highest BCUT2D eigenvalue weighted by atomic mass is 16.1. The van der Waals surface area contributed by atoms with E-state index in [1.807, 2.05) is 7.05 Å². The number of nitrogens with zero attached hydrogens (tertiary/aromatic N) is 3. The van der Waals surface area contributed by atoms with Gasteiger partial charge in [-0.3, -0.25) is 4.79 Å². The van der Waals surface area contributed by atoms with E-state index in [0.29, 0.717) is 29.6 Å². The van der Waals surface area contributed by atoms with Crippen LogP contribution in [0.1, 0.15) is 49.2 Å². The number of fused-ring (bicyclic) bond motifs is 1. The summed E-state index contributed by atoms with van der Waals surface area (Å²) in [7, 11) is 1.83. The first-order valence-electron chi connectivity index (χ1n) is 7.95. The van der Waals surface area contributed by atoms with Gasteiger partial charge < -0.3 is 10.2 Å². The fourth-order valence-electron chi connectivity index (χ4n) is 3.66. The Balaban J connectivity index is 1.98. The number of aromatic nitrogens is 2. The highest BCUT2D eigenvalue weighted by Crippen LogP contribution is 2.30. The SMILES string of the molecule is CNc1nc(N2CC(C)CC(C)C2)nc2c1C(=O)CCC2. The van der Waals surface area contributed by atoms with E-state index in [1.165, 1.54) is 6.42 Å². The highest BCUT2D eigenvalue weighted by Gasteiger charge is 2.28. The molecule has 2 unspecified atom stereocenters. The van der Waals surface area contributed by atoms with Crippen LogP contribution in [-0.2, 0) is 6.42 Å². The topological polar surface area (TPSA) is 58.1 Å². The highest BCUT2D eigenvalue weighted by molar-refractivity contribution is 6.02. The maximum atomic E-state index is 12.1. The van der Waals surface area contributed by atoms with Crippen LogP contribution in [0, 0.1) is 11.8 Å². The second-order valence-corrected chi connectivity index (χ2v) is 6.57. The van der Waals surface area contributed by atoms with Crippen LogP contribution in [0.3, 0.4) is 0 Å². The third kappa shape index (κ3) is 2.74. The normalized spacial score (nSPS) is 25.7. The van der Waals surface area contributed by atoms with Crippen LogP contribution in [0.15, 0.2) is 0 Å². The van der Waals surface area contributed by atoms with E-state index in [-0.39, 0.29) is 5.78 Å². The molecule has 1 aliphatic heterocycles. The standard InChI is InChI=1S/C16H24N4O/c1-10-7-11(2)9-20(8-10)16-18-12-5-4-6-13(21)14(12)15(17-3)19-16/h10-11H,4-9H2,1-3H3,(H,17,18,19). The summed E-state index contributed by atoms with van der Waals surface area (Å²) < 4.78 is 0. The van der Waals surface area contributed by atoms with Crippen LogP contribution in [0.4, 0.5) is 11.8 Å². The maximum Gasteiger partial charge on any atom is 0.227 e. The van der Waals surface area contributed by atoms with E-state index >= 15 is 0 Å². The van der Waals surface area contributed by atoms with Gasteiger partial charge in [-0.2, -0.15) is 4.98 Å². The van der Waals surface area contributed by atoms with Crippen molar-refractivity contribution in [1.82, 2.24) is 9.97 Å². The van der Waals surface area contributed by atoms with E-state index < -0.39 is 0 Å². The molecule has 1 aromatic rings. The largest absolute Gasteiger partial charge is 0.372 e. The molecular formula is C16H24N4O. The van der Waals surface area contributed by atoms with Crippen molar-refractivity contribution in [2.45, 2.75) is 39.5 Å². The molecule has 1 fully saturated rings. The minimum absolute atomic E-state index is 0.174. The molecule has 0 bridgehead atoms. The molecule has 3 rings (SSSR count). The molecule has 5 nitrogen and oxygen atoms in total. The summed E-state index contributed by atoms with van der Waals surface area (Å²) in [6.07, 6.45) is 3.66. The molecular weight excluding hydrogens is 264 g/mol. The van der Waals surface area contributed by atoms with Crippen molar-refractivity contribution in [2.75, 3.05) is 30.4 Å². The zero-order valence-corrected chi connectivity index (χ0v) is 13.1. The Morgan fingerprint density at radius 3 is 2.52 bits per heavy atom. The Bertz CT molecular complexity index is 530. The molecule has 1 N–H and O–H groups in total. The first-order chi connectivity index (χ1) is 10.1. The van der Waals surface area contributed by atoms with Crippen LogP contribution in [-0.4, -0.2) is 35.9 Å². The van der Waals surface area contributed by atoms with E-state index in [4.69, 9.17) is 4.98 Å². The van der Waals surface area contributed by atoms with Crippen molar-refractivity contribution >= 4 is 17.5 Å². The lowest BCUT2D eigenvalue weighted by molar-refractivity contribution is 0.0972. The summed E-state index contributed by atoms with van der Waals surface area (Å²) in [6.45, 7) is 6.56. The monoisotopic (exact) mass is 288 g/mol. The summed E-state index contributed by atoms with van der Waals surface area (Å²) in [5.41, 5.74) is 1.64. The predicted octanol–water partition coefficient (Wildman–Crippen LogP) is 2.52. The second-order valence-electron chi connectivity index (χ2n) is 6.57. The molecule has 2 atom stereocenters. The van der Waals surface area contributed by atoms with Crippen molar-refractivity contribution in [3.05, 3.63) is 11.3 Å². The fourth-order valence-corrected chi connectivity index (χ4v) is 3.66. The van der Waals surface area contributed by atoms with Gasteiger partial charge in [0.25, 0.3) is 0 Å².